The Bertz CT molecular complexity index is 954. The Morgan fingerprint density at radius 3 is 2.78 bits per heavy atom. The van der Waals surface area contributed by atoms with Gasteiger partial charge in [-0.15, -0.1) is 0 Å². The second-order valence-corrected chi connectivity index (χ2v) is 9.05. The molecule has 1 aliphatic heterocycles. The Labute approximate surface area is 172 Å². The number of rotatable bonds is 6. The Hall–Kier alpha value is -1.51. The highest BCUT2D eigenvalue weighted by molar-refractivity contribution is 5.81. The van der Waals surface area contributed by atoms with Gasteiger partial charge in [0.1, 0.15) is 22.9 Å². The van der Waals surface area contributed by atoms with Crippen molar-refractivity contribution in [2.75, 3.05) is 0 Å². The Kier molecular flexibility index (Phi) is 3.78. The molecule has 0 radical (unpaired) electrons. The molecule has 1 aromatic rings. The summed E-state index contributed by atoms with van der Waals surface area (Å²) in [6.45, 7) is 9.41. The second-order valence-electron chi connectivity index (χ2n) is 9.05. The molecule has 1 saturated carbocycles. The van der Waals surface area contributed by atoms with Crippen molar-refractivity contribution in [2.24, 2.45) is 5.92 Å². The summed E-state index contributed by atoms with van der Waals surface area (Å²) in [6.07, 6.45) is -0.370. The summed E-state index contributed by atoms with van der Waals surface area (Å²) < 4.78 is 57.1. The number of hydrogen-bond acceptors (Lipinski definition) is 3. The minimum Gasteiger partial charge on any atom is -0.508 e. The molecule has 0 spiro atoms. The molecule has 2 aliphatic rings. The van der Waals surface area contributed by atoms with Gasteiger partial charge in [-0.3, -0.25) is 4.79 Å². The average Bonchev–Trinajstić information content (AvgIpc) is 2.68. The smallest absolute Gasteiger partial charge is 0.133 e. The largest absolute Gasteiger partial charge is 0.508 e. The Morgan fingerprint density at radius 1 is 1.33 bits per heavy atom. The number of carbonyl (C=O) groups excluding carboxylic acids is 1. The summed E-state index contributed by atoms with van der Waals surface area (Å²) in [7, 11) is 0. The third kappa shape index (κ3) is 4.02. The molecule has 1 heterocycles. The fourth-order valence-corrected chi connectivity index (χ4v) is 4.20. The van der Waals surface area contributed by atoms with E-state index in [1.807, 2.05) is 13.8 Å². The molecule has 0 aromatic heterocycles. The van der Waals surface area contributed by atoms with Crippen LogP contribution in [0.15, 0.2) is 12.1 Å². The van der Waals surface area contributed by atoms with Crippen molar-refractivity contribution in [1.82, 2.24) is 0 Å². The molecule has 27 heavy (non-hydrogen) atoms. The van der Waals surface area contributed by atoms with Crippen molar-refractivity contribution >= 4 is 5.78 Å². The van der Waals surface area contributed by atoms with E-state index >= 15 is 0 Å². The summed E-state index contributed by atoms with van der Waals surface area (Å²) in [5.74, 6) is -3.60. The number of ketones is 1. The SMILES string of the molecule is [2H]c1c(O)c2c(c([2H])c1C(C)(C)CCCCCC)OC(C)(C)[C@@H]1CC([2H])([2H])C(=O)C([2H])([2H])[C@@H]21. The van der Waals surface area contributed by atoms with Gasteiger partial charge in [-0.25, -0.2) is 0 Å². The standard InChI is InChI=1S/C24H36O3/c1-6-7-8-9-12-23(2,3)16-13-20(26)22-18-15-17(25)10-11-19(18)24(4,5)27-21(22)14-16/h13-14,18-19,26H,6-12,15H2,1-5H3/t18-,19-/m1/s1/i10D2,13D,14D,15D2. The van der Waals surface area contributed by atoms with E-state index in [1.165, 1.54) is 0 Å². The molecule has 3 rings (SSSR count). The van der Waals surface area contributed by atoms with E-state index in [9.17, 15) is 9.90 Å². The molecule has 1 aliphatic carbocycles. The molecule has 0 bridgehead atoms. The van der Waals surface area contributed by atoms with E-state index in [2.05, 4.69) is 6.92 Å². The van der Waals surface area contributed by atoms with Gasteiger partial charge in [-0.05, 0) is 49.8 Å². The second kappa shape index (κ2) is 7.48. The predicted octanol–water partition coefficient (Wildman–Crippen LogP) is 6.26. The predicted molar refractivity (Wildman–Crippen MR) is 110 cm³/mol. The Balaban J connectivity index is 2.20. The number of phenolic OH excluding ortho intramolecular Hbond substituents is 1. The highest BCUT2D eigenvalue weighted by Crippen LogP contribution is 2.54. The maximum atomic E-state index is 12.8. The van der Waals surface area contributed by atoms with E-state index in [4.69, 9.17) is 13.0 Å². The van der Waals surface area contributed by atoms with Crippen LogP contribution in [-0.2, 0) is 10.2 Å². The zero-order valence-corrected chi connectivity index (χ0v) is 17.2. The van der Waals surface area contributed by atoms with Crippen molar-refractivity contribution in [3.63, 3.8) is 0 Å². The molecular formula is C24H36O3. The van der Waals surface area contributed by atoms with E-state index in [0.29, 0.717) is 5.56 Å². The van der Waals surface area contributed by atoms with Crippen LogP contribution < -0.4 is 4.74 Å². The molecule has 1 aromatic carbocycles. The number of unbranched alkanes of at least 4 members (excludes halogenated alkanes) is 3. The summed E-state index contributed by atoms with van der Waals surface area (Å²) >= 11 is 0. The van der Waals surface area contributed by atoms with Crippen molar-refractivity contribution in [3.05, 3.63) is 23.2 Å². The number of fused-ring (bicyclic) bond motifs is 3. The topological polar surface area (TPSA) is 46.5 Å². The van der Waals surface area contributed by atoms with Gasteiger partial charge < -0.3 is 9.84 Å². The first kappa shape index (κ1) is 13.6. The van der Waals surface area contributed by atoms with Crippen LogP contribution in [0.25, 0.3) is 0 Å². The molecule has 1 fully saturated rings. The molecule has 150 valence electrons. The van der Waals surface area contributed by atoms with Crippen molar-refractivity contribution in [1.29, 1.82) is 0 Å². The first-order valence-electron chi connectivity index (χ1n) is 13.1. The monoisotopic (exact) mass is 378 g/mol. The van der Waals surface area contributed by atoms with Crippen LogP contribution in [0.3, 0.4) is 0 Å². The highest BCUT2D eigenvalue weighted by atomic mass is 16.5. The van der Waals surface area contributed by atoms with Crippen LogP contribution >= 0.6 is 0 Å². The van der Waals surface area contributed by atoms with Gasteiger partial charge in [0, 0.05) is 35.6 Å². The number of phenols is 1. The van der Waals surface area contributed by atoms with Crippen LogP contribution in [0.4, 0.5) is 0 Å². The van der Waals surface area contributed by atoms with E-state index in [0.717, 1.165) is 32.1 Å². The fourth-order valence-electron chi connectivity index (χ4n) is 4.20. The third-order valence-electron chi connectivity index (χ3n) is 6.05. The van der Waals surface area contributed by atoms with Crippen molar-refractivity contribution in [3.8, 4) is 11.5 Å². The van der Waals surface area contributed by atoms with E-state index in [-0.39, 0.29) is 29.8 Å². The van der Waals surface area contributed by atoms with Gasteiger partial charge in [-0.2, -0.15) is 0 Å². The lowest BCUT2D eigenvalue weighted by atomic mass is 9.66. The Morgan fingerprint density at radius 2 is 2.07 bits per heavy atom. The van der Waals surface area contributed by atoms with Gasteiger partial charge >= 0.3 is 0 Å². The van der Waals surface area contributed by atoms with Crippen molar-refractivity contribution in [2.45, 2.75) is 103 Å². The normalized spacial score (nSPS) is 31.1. The minimum absolute atomic E-state index is 0.00511. The number of ether oxygens (including phenoxy) is 1. The van der Waals surface area contributed by atoms with Gasteiger partial charge in [0.2, 0.25) is 0 Å². The maximum Gasteiger partial charge on any atom is 0.133 e. The van der Waals surface area contributed by atoms with Crippen LogP contribution in [0, 0.1) is 5.92 Å². The lowest BCUT2D eigenvalue weighted by Crippen LogP contribution is -2.47. The quantitative estimate of drug-likeness (QED) is 0.594. The fraction of sp³-hybridized carbons (Fsp3) is 0.708. The van der Waals surface area contributed by atoms with Crippen LogP contribution in [0.5, 0.6) is 11.5 Å². The number of carbonyl (C=O) groups is 1. The van der Waals surface area contributed by atoms with Gasteiger partial charge in [-0.1, -0.05) is 46.5 Å². The summed E-state index contributed by atoms with van der Waals surface area (Å²) in [4.78, 5) is 12.8. The minimum atomic E-state index is -2.62. The molecule has 1 N–H and O–H groups in total. The molecule has 2 atom stereocenters. The zero-order valence-electron chi connectivity index (χ0n) is 23.2. The summed E-state index contributed by atoms with van der Waals surface area (Å²) in [5, 5.41) is 11.2. The molecule has 0 amide bonds. The third-order valence-corrected chi connectivity index (χ3v) is 6.05. The first-order valence-corrected chi connectivity index (χ1v) is 10.1. The highest BCUT2D eigenvalue weighted by Gasteiger charge is 2.47. The number of hydrogen-bond donors (Lipinski definition) is 1. The van der Waals surface area contributed by atoms with Crippen LogP contribution in [0.2, 0.25) is 0 Å². The van der Waals surface area contributed by atoms with Gasteiger partial charge in [0.25, 0.3) is 0 Å². The summed E-state index contributed by atoms with van der Waals surface area (Å²) in [5.41, 5.74) is -1.36. The van der Waals surface area contributed by atoms with Crippen LogP contribution in [-0.4, -0.2) is 16.5 Å². The lowest BCUT2D eigenvalue weighted by Gasteiger charge is -2.47. The maximum absolute atomic E-state index is 12.8. The zero-order chi connectivity index (χ0) is 25.1. The lowest BCUT2D eigenvalue weighted by molar-refractivity contribution is -0.124. The molecular weight excluding hydrogens is 336 g/mol. The molecule has 0 unspecified atom stereocenters. The van der Waals surface area contributed by atoms with E-state index < -0.39 is 47.1 Å². The summed E-state index contributed by atoms with van der Waals surface area (Å²) in [6, 6.07) is -0.297. The van der Waals surface area contributed by atoms with E-state index in [1.54, 1.807) is 13.8 Å². The average molecular weight is 379 g/mol. The number of aromatic hydroxyl groups is 1. The molecule has 0 saturated heterocycles. The first-order chi connectivity index (χ1) is 15.0. The molecule has 3 nitrogen and oxygen atoms in total. The van der Waals surface area contributed by atoms with Gasteiger partial charge in [0.05, 0.1) is 2.74 Å². The van der Waals surface area contributed by atoms with Crippen molar-refractivity contribution < 1.29 is 22.9 Å². The van der Waals surface area contributed by atoms with Crippen LogP contribution in [0.1, 0.15) is 111 Å². The van der Waals surface area contributed by atoms with Gasteiger partial charge in [0.15, 0.2) is 0 Å². The number of benzene rings is 1. The number of Topliss-reactive ketones (excluding diaryl/α,β-unsaturated/α-hetero) is 1. The molecule has 3 heteroatoms.